The molecule has 0 amide bonds. The Morgan fingerprint density at radius 1 is 1.38 bits per heavy atom. The summed E-state index contributed by atoms with van der Waals surface area (Å²) >= 11 is 6.19. The van der Waals surface area contributed by atoms with Crippen LogP contribution in [0.15, 0.2) is 30.6 Å². The molecule has 0 saturated heterocycles. The maximum Gasteiger partial charge on any atom is 0.127 e. The highest BCUT2D eigenvalue weighted by Crippen LogP contribution is 2.33. The summed E-state index contributed by atoms with van der Waals surface area (Å²) < 4.78 is 7.79. The minimum atomic E-state index is -0.424. The van der Waals surface area contributed by atoms with Gasteiger partial charge in [-0.1, -0.05) is 25.4 Å². The van der Waals surface area contributed by atoms with Gasteiger partial charge in [0.25, 0.3) is 0 Å². The third kappa shape index (κ3) is 2.94. The van der Waals surface area contributed by atoms with Crippen molar-refractivity contribution in [2.75, 3.05) is 6.61 Å². The number of fused-ring (bicyclic) bond motifs is 1. The third-order valence-electron chi connectivity index (χ3n) is 3.92. The molecule has 2 aromatic rings. The monoisotopic (exact) mass is 305 g/mol. The minimum absolute atomic E-state index is 0.208. The van der Waals surface area contributed by atoms with E-state index in [4.69, 9.17) is 16.3 Å². The van der Waals surface area contributed by atoms with Gasteiger partial charge in [0.05, 0.1) is 19.3 Å². The zero-order chi connectivity index (χ0) is 15.0. The molecular weight excluding hydrogens is 286 g/mol. The molecule has 1 aliphatic heterocycles. The SMILES string of the molecule is CC(C)C(O)c1ccn(Cc2cc(Cl)cc3c2OCC3)c1. The lowest BCUT2D eigenvalue weighted by Crippen LogP contribution is -2.04. The molecule has 112 valence electrons. The molecule has 1 aliphatic rings. The summed E-state index contributed by atoms with van der Waals surface area (Å²) in [4.78, 5) is 0. The zero-order valence-corrected chi connectivity index (χ0v) is 13.1. The predicted molar refractivity (Wildman–Crippen MR) is 84.0 cm³/mol. The van der Waals surface area contributed by atoms with Crippen LogP contribution in [0.3, 0.4) is 0 Å². The van der Waals surface area contributed by atoms with Crippen molar-refractivity contribution in [3.05, 3.63) is 52.3 Å². The van der Waals surface area contributed by atoms with Gasteiger partial charge < -0.3 is 14.4 Å². The van der Waals surface area contributed by atoms with E-state index in [-0.39, 0.29) is 5.92 Å². The van der Waals surface area contributed by atoms with E-state index in [0.717, 1.165) is 34.9 Å². The van der Waals surface area contributed by atoms with Crippen molar-refractivity contribution in [2.45, 2.75) is 32.9 Å². The number of nitrogens with zero attached hydrogens (tertiary/aromatic N) is 1. The van der Waals surface area contributed by atoms with Crippen molar-refractivity contribution in [3.63, 3.8) is 0 Å². The summed E-state index contributed by atoms with van der Waals surface area (Å²) in [6, 6.07) is 5.91. The summed E-state index contributed by atoms with van der Waals surface area (Å²) in [7, 11) is 0. The Kier molecular flexibility index (Phi) is 3.96. The maximum atomic E-state index is 10.1. The number of hydrogen-bond donors (Lipinski definition) is 1. The Hall–Kier alpha value is -1.45. The summed E-state index contributed by atoms with van der Waals surface area (Å²) in [6.45, 7) is 5.46. The predicted octanol–water partition coefficient (Wildman–Crippen LogP) is 3.81. The van der Waals surface area contributed by atoms with Crippen LogP contribution in [0, 0.1) is 5.92 Å². The van der Waals surface area contributed by atoms with Crippen LogP contribution in [0.2, 0.25) is 5.02 Å². The van der Waals surface area contributed by atoms with Gasteiger partial charge in [-0.25, -0.2) is 0 Å². The first-order valence-electron chi connectivity index (χ1n) is 7.32. The second-order valence-corrected chi connectivity index (χ2v) is 6.39. The van der Waals surface area contributed by atoms with Crippen molar-refractivity contribution in [2.24, 2.45) is 5.92 Å². The van der Waals surface area contributed by atoms with Crippen molar-refractivity contribution < 1.29 is 9.84 Å². The molecule has 3 nitrogen and oxygen atoms in total. The van der Waals surface area contributed by atoms with Gasteiger partial charge in [0.2, 0.25) is 0 Å². The van der Waals surface area contributed by atoms with E-state index >= 15 is 0 Å². The molecule has 3 rings (SSSR count). The number of aromatic nitrogens is 1. The normalized spacial score (nSPS) is 15.1. The second-order valence-electron chi connectivity index (χ2n) is 5.96. The number of rotatable bonds is 4. The molecule has 1 aromatic carbocycles. The van der Waals surface area contributed by atoms with Crippen LogP contribution in [0.5, 0.6) is 5.75 Å². The van der Waals surface area contributed by atoms with Crippen molar-refractivity contribution in [1.29, 1.82) is 0 Å². The molecule has 0 fully saturated rings. The van der Waals surface area contributed by atoms with E-state index in [0.29, 0.717) is 6.54 Å². The highest BCUT2D eigenvalue weighted by Gasteiger charge is 2.18. The van der Waals surface area contributed by atoms with Crippen molar-refractivity contribution >= 4 is 11.6 Å². The fourth-order valence-electron chi connectivity index (χ4n) is 2.78. The van der Waals surface area contributed by atoms with E-state index < -0.39 is 6.10 Å². The van der Waals surface area contributed by atoms with Gasteiger partial charge in [-0.3, -0.25) is 0 Å². The van der Waals surface area contributed by atoms with Gasteiger partial charge in [0.1, 0.15) is 5.75 Å². The van der Waals surface area contributed by atoms with Crippen LogP contribution in [0.1, 0.15) is 36.6 Å². The third-order valence-corrected chi connectivity index (χ3v) is 4.14. The van der Waals surface area contributed by atoms with Crippen LogP contribution in [0.25, 0.3) is 0 Å². The lowest BCUT2D eigenvalue weighted by atomic mass is 10.0. The van der Waals surface area contributed by atoms with E-state index in [9.17, 15) is 5.11 Å². The molecule has 0 aliphatic carbocycles. The Balaban J connectivity index is 1.85. The molecule has 2 heterocycles. The Morgan fingerprint density at radius 2 is 2.19 bits per heavy atom. The molecular formula is C17H20ClNO2. The molecule has 1 atom stereocenters. The van der Waals surface area contributed by atoms with Crippen LogP contribution in [-0.4, -0.2) is 16.3 Å². The average molecular weight is 306 g/mol. The number of aliphatic hydroxyl groups is 1. The van der Waals surface area contributed by atoms with Gasteiger partial charge in [-0.2, -0.15) is 0 Å². The Bertz CT molecular complexity index is 648. The van der Waals surface area contributed by atoms with Gasteiger partial charge in [-0.15, -0.1) is 0 Å². The molecule has 1 unspecified atom stereocenters. The van der Waals surface area contributed by atoms with Crippen LogP contribution in [-0.2, 0) is 13.0 Å². The molecule has 0 saturated carbocycles. The first kappa shape index (κ1) is 14.5. The number of ether oxygens (including phenoxy) is 1. The minimum Gasteiger partial charge on any atom is -0.493 e. The van der Waals surface area contributed by atoms with Crippen LogP contribution < -0.4 is 4.74 Å². The smallest absolute Gasteiger partial charge is 0.127 e. The molecule has 21 heavy (non-hydrogen) atoms. The number of aliphatic hydroxyl groups excluding tert-OH is 1. The Labute approximate surface area is 130 Å². The fourth-order valence-corrected chi connectivity index (χ4v) is 3.04. The summed E-state index contributed by atoms with van der Waals surface area (Å²) in [5.74, 6) is 1.18. The number of benzene rings is 1. The molecule has 0 spiro atoms. The molecule has 1 N–H and O–H groups in total. The lowest BCUT2D eigenvalue weighted by Gasteiger charge is -2.13. The van der Waals surface area contributed by atoms with E-state index in [1.165, 1.54) is 5.56 Å². The highest BCUT2D eigenvalue weighted by atomic mass is 35.5. The van der Waals surface area contributed by atoms with E-state index in [1.807, 2.05) is 44.4 Å². The number of hydrogen-bond acceptors (Lipinski definition) is 2. The Morgan fingerprint density at radius 3 is 2.95 bits per heavy atom. The lowest BCUT2D eigenvalue weighted by molar-refractivity contribution is 0.127. The standard InChI is InChI=1S/C17H20ClNO2/c1-11(2)16(20)13-3-5-19(9-13)10-14-8-15(18)7-12-4-6-21-17(12)14/h3,5,7-9,11,16,20H,4,6,10H2,1-2H3. The number of halogens is 1. The van der Waals surface area contributed by atoms with Crippen molar-refractivity contribution in [1.82, 2.24) is 4.57 Å². The van der Waals surface area contributed by atoms with E-state index in [1.54, 1.807) is 0 Å². The van der Waals surface area contributed by atoms with E-state index in [2.05, 4.69) is 4.57 Å². The first-order chi connectivity index (χ1) is 10.0. The molecule has 1 aromatic heterocycles. The summed E-state index contributed by atoms with van der Waals surface area (Å²) in [5.41, 5.74) is 3.23. The van der Waals surface area contributed by atoms with Crippen LogP contribution >= 0.6 is 11.6 Å². The molecule has 0 radical (unpaired) electrons. The topological polar surface area (TPSA) is 34.4 Å². The quantitative estimate of drug-likeness (QED) is 0.932. The van der Waals surface area contributed by atoms with Gasteiger partial charge in [0.15, 0.2) is 0 Å². The highest BCUT2D eigenvalue weighted by molar-refractivity contribution is 6.30. The largest absolute Gasteiger partial charge is 0.493 e. The molecule has 0 bridgehead atoms. The second kappa shape index (κ2) is 5.74. The average Bonchev–Trinajstić information content (AvgIpc) is 3.06. The van der Waals surface area contributed by atoms with Gasteiger partial charge in [0, 0.05) is 29.4 Å². The first-order valence-corrected chi connectivity index (χ1v) is 7.70. The summed E-state index contributed by atoms with van der Waals surface area (Å²) in [5, 5.41) is 10.9. The van der Waals surface area contributed by atoms with Crippen LogP contribution in [0.4, 0.5) is 0 Å². The zero-order valence-electron chi connectivity index (χ0n) is 12.3. The van der Waals surface area contributed by atoms with Gasteiger partial charge in [-0.05, 0) is 35.2 Å². The van der Waals surface area contributed by atoms with Crippen molar-refractivity contribution in [3.8, 4) is 5.75 Å². The molecule has 4 heteroatoms. The summed E-state index contributed by atoms with van der Waals surface area (Å²) in [6.07, 6.45) is 4.48. The maximum absolute atomic E-state index is 10.1. The fraction of sp³-hybridized carbons (Fsp3) is 0.412. The van der Waals surface area contributed by atoms with Gasteiger partial charge >= 0.3 is 0 Å².